The molecule has 2 aliphatic rings. The van der Waals surface area contributed by atoms with Gasteiger partial charge in [0, 0.05) is 24.2 Å². The molecule has 2 aromatic rings. The number of aliphatic carboxylic acids is 1. The molecule has 8 heteroatoms. The fraction of sp³-hybridized carbons (Fsp3) is 0.381. The van der Waals surface area contributed by atoms with Crippen LogP contribution in [0.4, 0.5) is 19.3 Å². The maximum absolute atomic E-state index is 14.5. The van der Waals surface area contributed by atoms with Crippen molar-refractivity contribution in [3.05, 3.63) is 47.8 Å². The first-order valence-corrected chi connectivity index (χ1v) is 9.46. The molecule has 29 heavy (non-hydrogen) atoms. The summed E-state index contributed by atoms with van der Waals surface area (Å²) >= 11 is 0. The van der Waals surface area contributed by atoms with Crippen LogP contribution in [0.1, 0.15) is 31.7 Å². The Labute approximate surface area is 166 Å². The normalized spacial score (nSPS) is 25.3. The molecular formula is C21H21F2N3O3. The summed E-state index contributed by atoms with van der Waals surface area (Å²) in [5, 5.41) is 12.2. The van der Waals surface area contributed by atoms with Crippen LogP contribution in [0.15, 0.2) is 30.6 Å². The van der Waals surface area contributed by atoms with Gasteiger partial charge in [-0.2, -0.15) is 0 Å². The quantitative estimate of drug-likeness (QED) is 0.808. The molecule has 1 aromatic carbocycles. The number of carbonyl (C=O) groups is 2. The van der Waals surface area contributed by atoms with Gasteiger partial charge in [-0.15, -0.1) is 0 Å². The van der Waals surface area contributed by atoms with E-state index in [9.17, 15) is 23.5 Å². The number of aryl methyl sites for hydroxylation is 1. The summed E-state index contributed by atoms with van der Waals surface area (Å²) in [5.41, 5.74) is 0.222. The Hall–Kier alpha value is -3.03. The minimum absolute atomic E-state index is 0.0848. The molecule has 2 amide bonds. The number of pyridine rings is 1. The van der Waals surface area contributed by atoms with E-state index in [-0.39, 0.29) is 17.6 Å². The zero-order chi connectivity index (χ0) is 20.9. The Balaban J connectivity index is 1.64. The van der Waals surface area contributed by atoms with Gasteiger partial charge in [-0.1, -0.05) is 6.92 Å². The van der Waals surface area contributed by atoms with Crippen LogP contribution in [0.2, 0.25) is 0 Å². The van der Waals surface area contributed by atoms with Gasteiger partial charge >= 0.3 is 12.0 Å². The number of hydrogen-bond acceptors (Lipinski definition) is 3. The summed E-state index contributed by atoms with van der Waals surface area (Å²) in [5.74, 6) is -2.00. The van der Waals surface area contributed by atoms with Crippen molar-refractivity contribution >= 4 is 17.7 Å². The van der Waals surface area contributed by atoms with E-state index in [2.05, 4.69) is 10.3 Å². The Morgan fingerprint density at radius 1 is 1.24 bits per heavy atom. The standard InChI is InChI=1S/C21H21F2N3O3/c1-11-3-15-8-21(7-11,19(27)28)26(15)20(29)25-18-6-16(12(2)4-17(18)23)13-5-14(22)10-24-9-13/h4-6,9-11,15H,3,7-8H2,1-2H3,(H,25,29)(H,27,28). The van der Waals surface area contributed by atoms with Gasteiger partial charge in [-0.05, 0) is 55.0 Å². The number of carboxylic acids is 1. The van der Waals surface area contributed by atoms with Crippen LogP contribution in [0.3, 0.4) is 0 Å². The van der Waals surface area contributed by atoms with Gasteiger partial charge in [-0.3, -0.25) is 4.98 Å². The first kappa shape index (κ1) is 19.3. The van der Waals surface area contributed by atoms with Crippen LogP contribution in [-0.2, 0) is 4.79 Å². The van der Waals surface area contributed by atoms with Crippen LogP contribution in [-0.4, -0.2) is 38.6 Å². The number of benzene rings is 1. The molecule has 0 aliphatic carbocycles. The Kier molecular flexibility index (Phi) is 4.52. The molecule has 2 saturated heterocycles. The smallest absolute Gasteiger partial charge is 0.329 e. The van der Waals surface area contributed by atoms with Crippen molar-refractivity contribution in [1.29, 1.82) is 0 Å². The molecule has 2 N–H and O–H groups in total. The SMILES string of the molecule is Cc1cc(F)c(NC(=O)N2C3CC(C)CC2(C(=O)O)C3)cc1-c1cncc(F)c1. The monoisotopic (exact) mass is 401 g/mol. The molecule has 3 atom stereocenters. The fourth-order valence-electron chi connectivity index (χ4n) is 4.76. The molecule has 2 aliphatic heterocycles. The van der Waals surface area contributed by atoms with E-state index >= 15 is 0 Å². The van der Waals surface area contributed by atoms with Gasteiger partial charge in [0.2, 0.25) is 0 Å². The van der Waals surface area contributed by atoms with Gasteiger partial charge in [0.1, 0.15) is 17.2 Å². The van der Waals surface area contributed by atoms with E-state index < -0.39 is 29.2 Å². The van der Waals surface area contributed by atoms with Gasteiger partial charge in [-0.25, -0.2) is 18.4 Å². The van der Waals surface area contributed by atoms with E-state index in [4.69, 9.17) is 0 Å². The summed E-state index contributed by atoms with van der Waals surface area (Å²) in [4.78, 5) is 29.9. The maximum Gasteiger partial charge on any atom is 0.329 e. The molecule has 0 spiro atoms. The lowest BCUT2D eigenvalue weighted by Gasteiger charge is -2.60. The topological polar surface area (TPSA) is 82.5 Å². The molecule has 152 valence electrons. The van der Waals surface area contributed by atoms with Gasteiger partial charge < -0.3 is 15.3 Å². The number of urea groups is 1. The van der Waals surface area contributed by atoms with Crippen LogP contribution >= 0.6 is 0 Å². The average Bonchev–Trinajstić information content (AvgIpc) is 2.63. The van der Waals surface area contributed by atoms with E-state index in [1.807, 2.05) is 6.92 Å². The number of nitrogens with one attached hydrogen (secondary N) is 1. The zero-order valence-electron chi connectivity index (χ0n) is 16.1. The summed E-state index contributed by atoms with van der Waals surface area (Å²) in [6.45, 7) is 3.65. The van der Waals surface area contributed by atoms with Gasteiger partial charge in [0.05, 0.1) is 11.9 Å². The highest BCUT2D eigenvalue weighted by Crippen LogP contribution is 2.50. The molecule has 1 aromatic heterocycles. The van der Waals surface area contributed by atoms with Crippen molar-refractivity contribution in [3.8, 4) is 11.1 Å². The second kappa shape index (κ2) is 6.79. The van der Waals surface area contributed by atoms with Crippen molar-refractivity contribution in [2.24, 2.45) is 5.92 Å². The predicted molar refractivity (Wildman–Crippen MR) is 102 cm³/mol. The summed E-state index contributed by atoms with van der Waals surface area (Å²) in [6.07, 6.45) is 4.04. The lowest BCUT2D eigenvalue weighted by molar-refractivity contribution is -0.173. The van der Waals surface area contributed by atoms with Crippen molar-refractivity contribution in [2.45, 2.75) is 44.7 Å². The van der Waals surface area contributed by atoms with E-state index in [0.29, 0.717) is 29.5 Å². The fourth-order valence-corrected chi connectivity index (χ4v) is 4.76. The highest BCUT2D eigenvalue weighted by molar-refractivity contribution is 5.96. The molecule has 0 saturated carbocycles. The van der Waals surface area contributed by atoms with Crippen molar-refractivity contribution < 1.29 is 23.5 Å². The van der Waals surface area contributed by atoms with Crippen molar-refractivity contribution in [2.75, 3.05) is 5.32 Å². The highest BCUT2D eigenvalue weighted by Gasteiger charge is 2.63. The number of carboxylic acid groups (broad SMARTS) is 1. The number of nitrogens with zero attached hydrogens (tertiary/aromatic N) is 2. The van der Waals surface area contributed by atoms with Crippen LogP contribution in [0.5, 0.6) is 0 Å². The minimum Gasteiger partial charge on any atom is -0.479 e. The summed E-state index contributed by atoms with van der Waals surface area (Å²) < 4.78 is 28.1. The number of piperidine rings is 1. The predicted octanol–water partition coefficient (Wildman–Crippen LogP) is 4.19. The van der Waals surface area contributed by atoms with Gasteiger partial charge in [0.25, 0.3) is 0 Å². The number of amides is 2. The second-order valence-electron chi connectivity index (χ2n) is 8.08. The van der Waals surface area contributed by atoms with Crippen molar-refractivity contribution in [3.63, 3.8) is 0 Å². The van der Waals surface area contributed by atoms with E-state index in [1.165, 1.54) is 29.3 Å². The summed E-state index contributed by atoms with van der Waals surface area (Å²) in [6, 6.07) is 3.14. The summed E-state index contributed by atoms with van der Waals surface area (Å²) in [7, 11) is 0. The molecule has 6 nitrogen and oxygen atoms in total. The molecule has 3 heterocycles. The molecule has 4 rings (SSSR count). The Bertz CT molecular complexity index is 1010. The van der Waals surface area contributed by atoms with Gasteiger partial charge in [0.15, 0.2) is 0 Å². The Morgan fingerprint density at radius 2 is 2.00 bits per heavy atom. The molecule has 3 unspecified atom stereocenters. The highest BCUT2D eigenvalue weighted by atomic mass is 19.1. The lowest BCUT2D eigenvalue weighted by atomic mass is 9.64. The maximum atomic E-state index is 14.5. The number of carbonyl (C=O) groups excluding carboxylic acids is 1. The molecular weight excluding hydrogens is 380 g/mol. The second-order valence-corrected chi connectivity index (χ2v) is 8.08. The zero-order valence-corrected chi connectivity index (χ0v) is 16.1. The lowest BCUT2D eigenvalue weighted by Crippen LogP contribution is -2.75. The number of aromatic nitrogens is 1. The number of anilines is 1. The first-order chi connectivity index (χ1) is 13.7. The minimum atomic E-state index is -1.23. The molecule has 2 bridgehead atoms. The number of fused-ring (bicyclic) bond motifs is 2. The number of rotatable bonds is 3. The van der Waals surface area contributed by atoms with Crippen LogP contribution in [0, 0.1) is 24.5 Å². The largest absolute Gasteiger partial charge is 0.479 e. The third-order valence-electron chi connectivity index (χ3n) is 5.95. The van der Waals surface area contributed by atoms with Crippen LogP contribution < -0.4 is 5.32 Å². The molecule has 0 radical (unpaired) electrons. The third kappa shape index (κ3) is 3.12. The van der Waals surface area contributed by atoms with E-state index in [1.54, 1.807) is 6.92 Å². The first-order valence-electron chi connectivity index (χ1n) is 9.46. The number of halogens is 2. The van der Waals surface area contributed by atoms with E-state index in [0.717, 1.165) is 12.6 Å². The average molecular weight is 401 g/mol. The Morgan fingerprint density at radius 3 is 2.69 bits per heavy atom. The number of hydrogen-bond donors (Lipinski definition) is 2. The van der Waals surface area contributed by atoms with Crippen LogP contribution in [0.25, 0.3) is 11.1 Å². The third-order valence-corrected chi connectivity index (χ3v) is 5.95. The van der Waals surface area contributed by atoms with Crippen molar-refractivity contribution in [1.82, 2.24) is 9.88 Å². The molecule has 2 fully saturated rings.